The van der Waals surface area contributed by atoms with Gasteiger partial charge in [-0.05, 0) is 6.42 Å². The van der Waals surface area contributed by atoms with Crippen molar-refractivity contribution in [1.29, 1.82) is 0 Å². The maximum Gasteiger partial charge on any atom is 0.321 e. The smallest absolute Gasteiger partial charge is 0.321 e. The van der Waals surface area contributed by atoms with Crippen LogP contribution in [-0.4, -0.2) is 77.6 Å². The van der Waals surface area contributed by atoms with Gasteiger partial charge in [-0.25, -0.2) is 13.2 Å². The predicted molar refractivity (Wildman–Crippen MR) is 80.0 cm³/mol. The number of rotatable bonds is 3. The summed E-state index contributed by atoms with van der Waals surface area (Å²) < 4.78 is 24.3. The first kappa shape index (κ1) is 16.4. The number of hydrogen-bond donors (Lipinski definition) is 1. The molecule has 2 aliphatic heterocycles. The maximum atomic E-state index is 12.5. The van der Waals surface area contributed by atoms with Crippen LogP contribution in [0, 0.1) is 5.92 Å². The van der Waals surface area contributed by atoms with E-state index in [1.165, 1.54) is 21.6 Å². The van der Waals surface area contributed by atoms with Crippen molar-refractivity contribution in [2.45, 2.75) is 18.7 Å². The number of carboxylic acid groups (broad SMARTS) is 1. The van der Waals surface area contributed by atoms with Crippen LogP contribution in [0.2, 0.25) is 0 Å². The van der Waals surface area contributed by atoms with Crippen molar-refractivity contribution in [2.24, 2.45) is 5.92 Å². The molecule has 21 heavy (non-hydrogen) atoms. The predicted octanol–water partition coefficient (Wildman–Crippen LogP) is 0.323. The van der Waals surface area contributed by atoms with Gasteiger partial charge in [-0.2, -0.15) is 11.8 Å². The van der Waals surface area contributed by atoms with Gasteiger partial charge in [0.1, 0.15) is 5.37 Å². The molecule has 120 valence electrons. The third-order valence-electron chi connectivity index (χ3n) is 3.96. The van der Waals surface area contributed by atoms with Crippen LogP contribution >= 0.6 is 11.8 Å². The highest BCUT2D eigenvalue weighted by atomic mass is 32.2. The molecule has 0 bridgehead atoms. The van der Waals surface area contributed by atoms with Crippen LogP contribution in [-0.2, 0) is 14.6 Å². The quantitative estimate of drug-likeness (QED) is 0.798. The fourth-order valence-corrected chi connectivity index (χ4v) is 5.57. The van der Waals surface area contributed by atoms with Crippen LogP contribution in [0.3, 0.4) is 0 Å². The number of sulfone groups is 1. The average Bonchev–Trinajstić information content (AvgIpc) is 2.96. The zero-order valence-corrected chi connectivity index (χ0v) is 13.5. The minimum Gasteiger partial charge on any atom is -0.481 e. The Labute approximate surface area is 128 Å². The normalized spacial score (nSPS) is 26.9. The Morgan fingerprint density at radius 3 is 2.62 bits per heavy atom. The van der Waals surface area contributed by atoms with Crippen LogP contribution in [0.5, 0.6) is 0 Å². The molecule has 2 amide bonds. The van der Waals surface area contributed by atoms with Gasteiger partial charge >= 0.3 is 12.0 Å². The highest BCUT2D eigenvalue weighted by Crippen LogP contribution is 2.25. The van der Waals surface area contributed by atoms with Crippen LogP contribution in [0.4, 0.5) is 4.79 Å². The molecule has 2 fully saturated rings. The summed E-state index contributed by atoms with van der Waals surface area (Å²) in [5.41, 5.74) is 0. The zero-order valence-electron chi connectivity index (χ0n) is 11.9. The average molecular weight is 336 g/mol. The van der Waals surface area contributed by atoms with Crippen LogP contribution in [0.1, 0.15) is 13.3 Å². The summed E-state index contributed by atoms with van der Waals surface area (Å²) in [6.07, 6.45) is 0.425. The van der Waals surface area contributed by atoms with E-state index in [1.807, 2.05) is 0 Å². The van der Waals surface area contributed by atoms with Gasteiger partial charge in [-0.1, -0.05) is 6.92 Å². The topological polar surface area (TPSA) is 95.0 Å². The molecule has 9 heteroatoms. The van der Waals surface area contributed by atoms with Gasteiger partial charge in [0.05, 0.1) is 5.92 Å². The number of aliphatic carboxylic acids is 1. The van der Waals surface area contributed by atoms with Gasteiger partial charge in [-0.15, -0.1) is 0 Å². The van der Waals surface area contributed by atoms with E-state index in [1.54, 1.807) is 6.92 Å². The molecule has 7 nitrogen and oxygen atoms in total. The first-order chi connectivity index (χ1) is 9.86. The summed E-state index contributed by atoms with van der Waals surface area (Å²) in [6, 6.07) is -0.346. The van der Waals surface area contributed by atoms with E-state index in [9.17, 15) is 18.0 Å². The monoisotopic (exact) mass is 336 g/mol. The molecule has 0 aromatic heterocycles. The minimum absolute atomic E-state index is 0.000240. The fraction of sp³-hybridized carbons (Fsp3) is 0.833. The molecule has 0 aromatic rings. The van der Waals surface area contributed by atoms with E-state index in [4.69, 9.17) is 5.11 Å². The van der Waals surface area contributed by atoms with Crippen molar-refractivity contribution < 1.29 is 23.1 Å². The Balaban J connectivity index is 2.11. The first-order valence-electron chi connectivity index (χ1n) is 6.94. The second-order valence-corrected chi connectivity index (χ2v) is 8.82. The van der Waals surface area contributed by atoms with Crippen LogP contribution in [0.15, 0.2) is 0 Å². The van der Waals surface area contributed by atoms with Crippen LogP contribution < -0.4 is 0 Å². The largest absolute Gasteiger partial charge is 0.481 e. The third-order valence-corrected chi connectivity index (χ3v) is 7.24. The number of urea groups is 1. The summed E-state index contributed by atoms with van der Waals surface area (Å²) in [6.45, 7) is 2.50. The summed E-state index contributed by atoms with van der Waals surface area (Å²) in [4.78, 5) is 26.4. The lowest BCUT2D eigenvalue weighted by Crippen LogP contribution is -2.54. The van der Waals surface area contributed by atoms with E-state index in [2.05, 4.69) is 0 Å². The molecule has 0 aliphatic carbocycles. The van der Waals surface area contributed by atoms with Gasteiger partial charge in [0.2, 0.25) is 0 Å². The highest BCUT2D eigenvalue weighted by molar-refractivity contribution is 8.01. The first-order valence-corrected chi connectivity index (χ1v) is 9.81. The highest BCUT2D eigenvalue weighted by Gasteiger charge is 2.40. The zero-order chi connectivity index (χ0) is 15.6. The second kappa shape index (κ2) is 6.43. The number of nitrogens with zero attached hydrogens (tertiary/aromatic N) is 2. The number of likely N-dealkylation sites (tertiary alicyclic amines) is 1. The molecule has 2 unspecified atom stereocenters. The standard InChI is InChI=1S/C12H20N2O5S2/c1-2-21(18,19)10-8-20-6-5-14(10)12(17)13-4-3-9(7-13)11(15)16/h9-10H,2-8H2,1H3,(H,15,16). The molecule has 2 atom stereocenters. The molecule has 1 N–H and O–H groups in total. The molecule has 2 heterocycles. The van der Waals surface area contributed by atoms with E-state index < -0.39 is 27.1 Å². The van der Waals surface area contributed by atoms with E-state index in [-0.39, 0.29) is 18.3 Å². The minimum atomic E-state index is -3.33. The Hall–Kier alpha value is -0.960. The van der Waals surface area contributed by atoms with Crippen molar-refractivity contribution in [1.82, 2.24) is 9.80 Å². The van der Waals surface area contributed by atoms with Crippen molar-refractivity contribution in [3.63, 3.8) is 0 Å². The van der Waals surface area contributed by atoms with Gasteiger partial charge in [0.25, 0.3) is 0 Å². The number of carbonyl (C=O) groups is 2. The second-order valence-electron chi connectivity index (χ2n) is 5.23. The summed E-state index contributed by atoms with van der Waals surface area (Å²) in [5.74, 6) is -0.359. The van der Waals surface area contributed by atoms with Gasteiger partial charge in [0, 0.05) is 36.9 Å². The SMILES string of the molecule is CCS(=O)(=O)C1CSCCN1C(=O)N1CCC(C(=O)O)C1. The molecule has 2 aliphatic rings. The number of hydrogen-bond acceptors (Lipinski definition) is 5. The molecule has 2 rings (SSSR count). The molecule has 0 spiro atoms. The van der Waals surface area contributed by atoms with E-state index in [0.29, 0.717) is 31.0 Å². The van der Waals surface area contributed by atoms with Crippen molar-refractivity contribution >= 4 is 33.6 Å². The molecule has 2 saturated heterocycles. The van der Waals surface area contributed by atoms with Crippen molar-refractivity contribution in [3.05, 3.63) is 0 Å². The Morgan fingerprint density at radius 1 is 1.33 bits per heavy atom. The van der Waals surface area contributed by atoms with Gasteiger partial charge in [-0.3, -0.25) is 4.79 Å². The number of thioether (sulfide) groups is 1. The van der Waals surface area contributed by atoms with Gasteiger partial charge < -0.3 is 14.9 Å². The lowest BCUT2D eigenvalue weighted by molar-refractivity contribution is -0.141. The van der Waals surface area contributed by atoms with E-state index >= 15 is 0 Å². The van der Waals surface area contributed by atoms with Crippen molar-refractivity contribution in [2.75, 3.05) is 36.9 Å². The lowest BCUT2D eigenvalue weighted by Gasteiger charge is -2.37. The fourth-order valence-electron chi connectivity index (χ4n) is 2.61. The molecular formula is C12H20N2O5S2. The van der Waals surface area contributed by atoms with Crippen molar-refractivity contribution in [3.8, 4) is 0 Å². The number of amides is 2. The number of carbonyl (C=O) groups excluding carboxylic acids is 1. The maximum absolute atomic E-state index is 12.5. The molecule has 0 aromatic carbocycles. The lowest BCUT2D eigenvalue weighted by atomic mass is 10.1. The number of carboxylic acids is 1. The van der Waals surface area contributed by atoms with Crippen LogP contribution in [0.25, 0.3) is 0 Å². The summed E-state index contributed by atoms with van der Waals surface area (Å²) >= 11 is 1.53. The Kier molecular flexibility index (Phi) is 5.03. The third kappa shape index (κ3) is 3.45. The molecular weight excluding hydrogens is 316 g/mol. The molecule has 0 radical (unpaired) electrons. The summed E-state index contributed by atoms with van der Waals surface area (Å²) in [5, 5.41) is 8.20. The molecule has 0 saturated carbocycles. The Bertz CT molecular complexity index is 522. The van der Waals surface area contributed by atoms with Gasteiger partial charge in [0.15, 0.2) is 9.84 Å². The van der Waals surface area contributed by atoms with E-state index in [0.717, 1.165) is 0 Å². The Morgan fingerprint density at radius 2 is 2.05 bits per heavy atom. The summed E-state index contributed by atoms with van der Waals surface area (Å²) in [7, 11) is -3.33.